The summed E-state index contributed by atoms with van der Waals surface area (Å²) < 4.78 is 29.6. The van der Waals surface area contributed by atoms with E-state index < -0.39 is 7.82 Å². The van der Waals surface area contributed by atoms with Crippen molar-refractivity contribution in [1.29, 1.82) is 0 Å². The molecule has 0 saturated carbocycles. The average molecular weight is 642 g/mol. The molecule has 5 nitrogen and oxygen atoms in total. The molecule has 44 heavy (non-hydrogen) atoms. The Bertz CT molecular complexity index is 607. The van der Waals surface area contributed by atoms with E-state index in [1.54, 1.807) is 0 Å². The van der Waals surface area contributed by atoms with Gasteiger partial charge in [0.05, 0.1) is 19.8 Å². The van der Waals surface area contributed by atoms with E-state index in [0.717, 1.165) is 25.7 Å². The van der Waals surface area contributed by atoms with Crippen molar-refractivity contribution >= 4 is 7.82 Å². The second-order valence-electron chi connectivity index (χ2n) is 12.6. The summed E-state index contributed by atoms with van der Waals surface area (Å²) in [6, 6.07) is 0. The third kappa shape index (κ3) is 34.4. The topological polar surface area (TPSA) is 70.8 Å². The summed E-state index contributed by atoms with van der Waals surface area (Å²) in [6.45, 7) is 5.87. The van der Waals surface area contributed by atoms with Crippen molar-refractivity contribution in [2.24, 2.45) is 5.73 Å². The molecule has 0 heterocycles. The molecule has 2 N–H and O–H groups in total. The first-order valence-corrected chi connectivity index (χ1v) is 20.7. The fourth-order valence-electron chi connectivity index (χ4n) is 5.33. The number of phosphoric ester groups is 1. The molecule has 0 saturated heterocycles. The van der Waals surface area contributed by atoms with Crippen LogP contribution in [0.15, 0.2) is 24.3 Å². The van der Waals surface area contributed by atoms with Gasteiger partial charge < -0.3 is 5.73 Å². The Morgan fingerprint density at radius 2 is 0.682 bits per heavy atom. The van der Waals surface area contributed by atoms with E-state index in [-0.39, 0.29) is 6.61 Å². The zero-order chi connectivity index (χ0) is 32.1. The van der Waals surface area contributed by atoms with Crippen LogP contribution in [-0.4, -0.2) is 26.4 Å². The van der Waals surface area contributed by atoms with Crippen molar-refractivity contribution in [3.8, 4) is 0 Å². The highest BCUT2D eigenvalue weighted by molar-refractivity contribution is 7.48. The lowest BCUT2D eigenvalue weighted by Gasteiger charge is -2.17. The number of phosphoric acid groups is 1. The first-order chi connectivity index (χ1) is 21.7. The molecular formula is C38H76NO4P. The van der Waals surface area contributed by atoms with E-state index >= 15 is 0 Å². The van der Waals surface area contributed by atoms with Crippen LogP contribution in [0.2, 0.25) is 0 Å². The monoisotopic (exact) mass is 642 g/mol. The van der Waals surface area contributed by atoms with Gasteiger partial charge in [0.15, 0.2) is 0 Å². The maximum absolute atomic E-state index is 13.0. The Hall–Kier alpha value is -0.450. The summed E-state index contributed by atoms with van der Waals surface area (Å²) in [5.74, 6) is 0. The Kier molecular flexibility index (Phi) is 36.6. The highest BCUT2D eigenvalue weighted by Gasteiger charge is 2.25. The lowest BCUT2D eigenvalue weighted by atomic mass is 10.1. The van der Waals surface area contributed by atoms with E-state index in [4.69, 9.17) is 19.3 Å². The third-order valence-electron chi connectivity index (χ3n) is 8.18. The highest BCUT2D eigenvalue weighted by atomic mass is 31.2. The van der Waals surface area contributed by atoms with Crippen LogP contribution in [0.3, 0.4) is 0 Å². The molecule has 0 rings (SSSR count). The minimum atomic E-state index is -3.51. The maximum Gasteiger partial charge on any atom is 0.474 e. The van der Waals surface area contributed by atoms with E-state index in [1.807, 2.05) is 0 Å². The second kappa shape index (κ2) is 37.0. The molecule has 0 spiro atoms. The first-order valence-electron chi connectivity index (χ1n) is 19.2. The van der Waals surface area contributed by atoms with Crippen LogP contribution in [-0.2, 0) is 18.1 Å². The van der Waals surface area contributed by atoms with Gasteiger partial charge in [-0.05, 0) is 64.2 Å². The molecule has 0 aromatic rings. The zero-order valence-electron chi connectivity index (χ0n) is 29.6. The molecule has 6 heteroatoms. The van der Waals surface area contributed by atoms with Crippen LogP contribution in [0.4, 0.5) is 0 Å². The fourth-order valence-corrected chi connectivity index (χ4v) is 6.59. The van der Waals surface area contributed by atoms with Gasteiger partial charge in [0.1, 0.15) is 0 Å². The van der Waals surface area contributed by atoms with Crippen molar-refractivity contribution < 1.29 is 18.1 Å². The predicted molar refractivity (Wildman–Crippen MR) is 193 cm³/mol. The zero-order valence-corrected chi connectivity index (χ0v) is 30.5. The quantitative estimate of drug-likeness (QED) is 0.0415. The summed E-state index contributed by atoms with van der Waals surface area (Å²) >= 11 is 0. The van der Waals surface area contributed by atoms with Gasteiger partial charge in [-0.3, -0.25) is 13.6 Å². The van der Waals surface area contributed by atoms with Gasteiger partial charge in [-0.15, -0.1) is 0 Å². The number of rotatable bonds is 37. The van der Waals surface area contributed by atoms with E-state index in [9.17, 15) is 4.57 Å². The Morgan fingerprint density at radius 3 is 1.00 bits per heavy atom. The lowest BCUT2D eigenvalue weighted by Crippen LogP contribution is -2.10. The van der Waals surface area contributed by atoms with Crippen LogP contribution < -0.4 is 5.73 Å². The van der Waals surface area contributed by atoms with E-state index in [0.29, 0.717) is 19.8 Å². The molecule has 0 aliphatic carbocycles. The van der Waals surface area contributed by atoms with Crippen molar-refractivity contribution in [3.63, 3.8) is 0 Å². The largest absolute Gasteiger partial charge is 0.474 e. The summed E-state index contributed by atoms with van der Waals surface area (Å²) in [5.41, 5.74) is 5.56. The van der Waals surface area contributed by atoms with E-state index in [1.165, 1.54) is 154 Å². The molecule has 0 aliphatic heterocycles. The molecule has 0 atom stereocenters. The van der Waals surface area contributed by atoms with Crippen molar-refractivity contribution in [2.45, 2.75) is 194 Å². The van der Waals surface area contributed by atoms with Gasteiger partial charge in [0.2, 0.25) is 0 Å². The summed E-state index contributed by atoms with van der Waals surface area (Å²) in [6.07, 6.45) is 44.8. The van der Waals surface area contributed by atoms with Crippen LogP contribution in [0, 0.1) is 0 Å². The number of allylic oxidation sites excluding steroid dienone is 4. The summed E-state index contributed by atoms with van der Waals surface area (Å²) in [5, 5.41) is 0. The molecule has 0 amide bonds. The Morgan fingerprint density at radius 1 is 0.409 bits per heavy atom. The number of hydrogen-bond donors (Lipinski definition) is 1. The standard InChI is InChI=1S/C38H76NO4P/c1-3-5-7-9-11-13-15-17-19-21-23-25-27-29-31-33-36-41-44(40,43-38-35-39)42-37-34-32-30-28-26-24-22-20-18-16-14-12-10-8-6-4-2/h17-20H,3-16,21-39H2,1-2H3/b19-17-,20-18-. The average Bonchev–Trinajstić information content (AvgIpc) is 3.03. The molecule has 0 unspecified atom stereocenters. The molecule has 0 radical (unpaired) electrons. The van der Waals surface area contributed by atoms with Gasteiger partial charge in [-0.1, -0.05) is 154 Å². The SMILES string of the molecule is CCCCCCCC/C=C\CCCCCCCCOP(=O)(OCCN)OCCCCCCCC/C=C\CCCCCCCC. The number of hydrogen-bond acceptors (Lipinski definition) is 5. The second-order valence-corrected chi connectivity index (χ2v) is 14.3. The molecule has 0 aromatic carbocycles. The summed E-state index contributed by atoms with van der Waals surface area (Å²) in [4.78, 5) is 0. The Balaban J connectivity index is 3.66. The molecular weight excluding hydrogens is 565 g/mol. The smallest absolute Gasteiger partial charge is 0.328 e. The Labute approximate surface area is 275 Å². The lowest BCUT2D eigenvalue weighted by molar-refractivity contribution is 0.112. The molecule has 0 fully saturated rings. The molecule has 0 aliphatic rings. The molecule has 262 valence electrons. The predicted octanol–water partition coefficient (Wildman–Crippen LogP) is 13.2. The van der Waals surface area contributed by atoms with Crippen molar-refractivity contribution in [1.82, 2.24) is 0 Å². The minimum Gasteiger partial charge on any atom is -0.328 e. The van der Waals surface area contributed by atoms with E-state index in [2.05, 4.69) is 38.2 Å². The van der Waals surface area contributed by atoms with Crippen LogP contribution in [0.1, 0.15) is 194 Å². The molecule has 0 aromatic heterocycles. The van der Waals surface area contributed by atoms with Gasteiger partial charge in [-0.2, -0.15) is 0 Å². The van der Waals surface area contributed by atoms with Crippen LogP contribution in [0.25, 0.3) is 0 Å². The van der Waals surface area contributed by atoms with Gasteiger partial charge >= 0.3 is 7.82 Å². The summed E-state index contributed by atoms with van der Waals surface area (Å²) in [7, 11) is -3.51. The van der Waals surface area contributed by atoms with Gasteiger partial charge in [-0.25, -0.2) is 4.57 Å². The third-order valence-corrected chi connectivity index (χ3v) is 9.67. The van der Waals surface area contributed by atoms with Gasteiger partial charge in [0.25, 0.3) is 0 Å². The highest BCUT2D eigenvalue weighted by Crippen LogP contribution is 2.49. The normalized spacial score (nSPS) is 12.3. The fraction of sp³-hybridized carbons (Fsp3) is 0.895. The first kappa shape index (κ1) is 43.5. The van der Waals surface area contributed by atoms with Gasteiger partial charge in [0, 0.05) is 6.54 Å². The maximum atomic E-state index is 13.0. The minimum absolute atomic E-state index is 0.193. The van der Waals surface area contributed by atoms with Crippen molar-refractivity contribution in [2.75, 3.05) is 26.4 Å². The molecule has 0 bridgehead atoms. The van der Waals surface area contributed by atoms with Crippen LogP contribution >= 0.6 is 7.82 Å². The number of unbranched alkanes of at least 4 members (excludes halogenated alkanes) is 24. The number of nitrogens with two attached hydrogens (primary N) is 1. The van der Waals surface area contributed by atoms with Crippen molar-refractivity contribution in [3.05, 3.63) is 24.3 Å². The van der Waals surface area contributed by atoms with Crippen LogP contribution in [0.5, 0.6) is 0 Å².